The number of hydrogen-bond donors (Lipinski definition) is 4. The maximum Gasteiger partial charge on any atom is 0.322 e. The molecule has 4 amide bonds. The average molecular weight is 369 g/mol. The van der Waals surface area contributed by atoms with Gasteiger partial charge in [0.15, 0.2) is 0 Å². The van der Waals surface area contributed by atoms with Crippen LogP contribution in [0.25, 0.3) is 0 Å². The summed E-state index contributed by atoms with van der Waals surface area (Å²) in [7, 11) is 0. The molecular weight excluding hydrogens is 344 g/mol. The molecule has 7 nitrogen and oxygen atoms in total. The van der Waals surface area contributed by atoms with Crippen molar-refractivity contribution in [1.82, 2.24) is 10.6 Å². The van der Waals surface area contributed by atoms with Gasteiger partial charge in [-0.1, -0.05) is 26.0 Å². The molecule has 25 heavy (non-hydrogen) atoms. The van der Waals surface area contributed by atoms with E-state index in [0.717, 1.165) is 0 Å². The zero-order valence-electron chi connectivity index (χ0n) is 14.6. The number of nitrogens with one attached hydrogen (secondary N) is 3. The lowest BCUT2D eigenvalue weighted by Gasteiger charge is -2.29. The standard InChI is InChI=1S/C17H24N4O3.ClH/c1-4-17(5-2,10-18)14(23)19-12-8-6-7-11(9-12)16(3)13(22)20-15(24)21-16;/h6-9H,4-5,10,18H2,1-3H3,(H,19,23)(H2,20,21,22,24);1H. The van der Waals surface area contributed by atoms with Gasteiger partial charge in [-0.3, -0.25) is 14.9 Å². The third-order valence-electron chi connectivity index (χ3n) is 4.97. The van der Waals surface area contributed by atoms with Crippen molar-refractivity contribution in [3.8, 4) is 0 Å². The van der Waals surface area contributed by atoms with Gasteiger partial charge < -0.3 is 16.4 Å². The van der Waals surface area contributed by atoms with E-state index in [1.54, 1.807) is 31.2 Å². The van der Waals surface area contributed by atoms with E-state index < -0.39 is 22.9 Å². The van der Waals surface area contributed by atoms with Gasteiger partial charge >= 0.3 is 6.03 Å². The Morgan fingerprint density at radius 3 is 2.40 bits per heavy atom. The number of carbonyl (C=O) groups excluding carboxylic acids is 3. The Hall–Kier alpha value is -2.12. The lowest BCUT2D eigenvalue weighted by Crippen LogP contribution is -2.42. The largest absolute Gasteiger partial charge is 0.329 e. The number of imide groups is 1. The van der Waals surface area contributed by atoms with E-state index in [1.165, 1.54) is 0 Å². The van der Waals surface area contributed by atoms with Crippen molar-refractivity contribution >= 4 is 35.9 Å². The van der Waals surface area contributed by atoms with Crippen LogP contribution in [-0.2, 0) is 15.1 Å². The van der Waals surface area contributed by atoms with Crippen LogP contribution in [0.15, 0.2) is 24.3 Å². The van der Waals surface area contributed by atoms with E-state index >= 15 is 0 Å². The molecule has 0 spiro atoms. The third kappa shape index (κ3) is 3.77. The highest BCUT2D eigenvalue weighted by Crippen LogP contribution is 2.29. The maximum absolute atomic E-state index is 12.6. The predicted molar refractivity (Wildman–Crippen MR) is 98.4 cm³/mol. The van der Waals surface area contributed by atoms with Gasteiger partial charge in [0.05, 0.1) is 5.41 Å². The van der Waals surface area contributed by atoms with Crippen LogP contribution in [0.2, 0.25) is 0 Å². The van der Waals surface area contributed by atoms with Crippen molar-refractivity contribution in [1.29, 1.82) is 0 Å². The van der Waals surface area contributed by atoms with Crippen molar-refractivity contribution in [2.75, 3.05) is 11.9 Å². The SMILES string of the molecule is CCC(CC)(CN)C(=O)Nc1cccc(C2(C)NC(=O)NC2=O)c1.Cl. The fourth-order valence-corrected chi connectivity index (χ4v) is 2.87. The van der Waals surface area contributed by atoms with Crippen LogP contribution >= 0.6 is 12.4 Å². The van der Waals surface area contributed by atoms with Crippen LogP contribution in [-0.4, -0.2) is 24.4 Å². The monoisotopic (exact) mass is 368 g/mol. The molecule has 1 saturated heterocycles. The summed E-state index contributed by atoms with van der Waals surface area (Å²) in [5.41, 5.74) is 5.19. The van der Waals surface area contributed by atoms with Crippen molar-refractivity contribution in [3.05, 3.63) is 29.8 Å². The van der Waals surface area contributed by atoms with Gasteiger partial charge in [-0.2, -0.15) is 0 Å². The first-order valence-electron chi connectivity index (χ1n) is 8.07. The topological polar surface area (TPSA) is 113 Å². The molecule has 0 bridgehead atoms. The minimum atomic E-state index is -1.15. The Morgan fingerprint density at radius 1 is 1.28 bits per heavy atom. The number of rotatable bonds is 6. The summed E-state index contributed by atoms with van der Waals surface area (Å²) in [6, 6.07) is 6.37. The molecule has 1 fully saturated rings. The molecule has 1 aliphatic rings. The summed E-state index contributed by atoms with van der Waals surface area (Å²) in [5.74, 6) is -0.563. The molecule has 138 valence electrons. The zero-order chi connectivity index (χ0) is 18.0. The third-order valence-corrected chi connectivity index (χ3v) is 4.97. The summed E-state index contributed by atoms with van der Waals surface area (Å²) < 4.78 is 0. The molecule has 0 aromatic heterocycles. The van der Waals surface area contributed by atoms with Gasteiger partial charge in [0.1, 0.15) is 5.54 Å². The van der Waals surface area contributed by atoms with Gasteiger partial charge in [0, 0.05) is 12.2 Å². The summed E-state index contributed by atoms with van der Waals surface area (Å²) >= 11 is 0. The molecule has 1 atom stereocenters. The second-order valence-corrected chi connectivity index (χ2v) is 6.26. The van der Waals surface area contributed by atoms with Crippen molar-refractivity contribution in [2.24, 2.45) is 11.1 Å². The number of amides is 4. The van der Waals surface area contributed by atoms with E-state index in [4.69, 9.17) is 5.73 Å². The Balaban J connectivity index is 0.00000312. The fraction of sp³-hybridized carbons (Fsp3) is 0.471. The van der Waals surface area contributed by atoms with Crippen molar-refractivity contribution < 1.29 is 14.4 Å². The van der Waals surface area contributed by atoms with E-state index in [1.807, 2.05) is 13.8 Å². The van der Waals surface area contributed by atoms with E-state index in [2.05, 4.69) is 16.0 Å². The van der Waals surface area contributed by atoms with E-state index in [9.17, 15) is 14.4 Å². The first-order chi connectivity index (χ1) is 11.3. The number of carbonyl (C=O) groups is 3. The fourth-order valence-electron chi connectivity index (χ4n) is 2.87. The highest BCUT2D eigenvalue weighted by Gasteiger charge is 2.43. The number of nitrogens with two attached hydrogens (primary N) is 1. The molecule has 1 unspecified atom stereocenters. The predicted octanol–water partition coefficient (Wildman–Crippen LogP) is 1.87. The Labute approximate surface area is 153 Å². The molecule has 1 heterocycles. The molecule has 1 aromatic carbocycles. The average Bonchev–Trinajstić information content (AvgIpc) is 2.83. The lowest BCUT2D eigenvalue weighted by atomic mass is 9.81. The first kappa shape index (κ1) is 20.9. The molecule has 1 aromatic rings. The second kappa shape index (κ2) is 7.84. The Bertz CT molecular complexity index is 667. The smallest absolute Gasteiger partial charge is 0.322 e. The van der Waals surface area contributed by atoms with Gasteiger partial charge in [-0.05, 0) is 37.5 Å². The molecule has 0 aliphatic carbocycles. The summed E-state index contributed by atoms with van der Waals surface area (Å²) in [4.78, 5) is 36.1. The van der Waals surface area contributed by atoms with Crippen molar-refractivity contribution in [3.63, 3.8) is 0 Å². The van der Waals surface area contributed by atoms with Crippen molar-refractivity contribution in [2.45, 2.75) is 39.2 Å². The lowest BCUT2D eigenvalue weighted by molar-refractivity contribution is -0.125. The number of hydrogen-bond acceptors (Lipinski definition) is 4. The molecule has 0 radical (unpaired) electrons. The molecule has 5 N–H and O–H groups in total. The summed E-state index contributed by atoms with van der Waals surface area (Å²) in [6.45, 7) is 5.76. The molecule has 0 saturated carbocycles. The van der Waals surface area contributed by atoms with Crippen LogP contribution in [0.4, 0.5) is 10.5 Å². The van der Waals surface area contributed by atoms with Gasteiger partial charge in [-0.15, -0.1) is 12.4 Å². The molecule has 1 aliphatic heterocycles. The number of anilines is 1. The van der Waals surface area contributed by atoms with Crippen LogP contribution in [0.1, 0.15) is 39.2 Å². The summed E-state index contributed by atoms with van der Waals surface area (Å²) in [6.07, 6.45) is 1.28. The number of halogens is 1. The zero-order valence-corrected chi connectivity index (χ0v) is 15.5. The Kier molecular flexibility index (Phi) is 6.56. The minimum absolute atomic E-state index is 0. The molecular formula is C17H25ClN4O3. The van der Waals surface area contributed by atoms with Gasteiger partial charge in [0.2, 0.25) is 5.91 Å². The van der Waals surface area contributed by atoms with Gasteiger partial charge in [-0.25, -0.2) is 4.79 Å². The maximum atomic E-state index is 12.6. The highest BCUT2D eigenvalue weighted by atomic mass is 35.5. The van der Waals surface area contributed by atoms with Crippen LogP contribution in [0.3, 0.4) is 0 Å². The number of benzene rings is 1. The van der Waals surface area contributed by atoms with Crippen LogP contribution in [0.5, 0.6) is 0 Å². The molecule has 2 rings (SSSR count). The van der Waals surface area contributed by atoms with Crippen LogP contribution in [0, 0.1) is 5.41 Å². The minimum Gasteiger partial charge on any atom is -0.329 e. The number of urea groups is 1. The summed E-state index contributed by atoms with van der Waals surface area (Å²) in [5, 5.41) is 7.71. The second-order valence-electron chi connectivity index (χ2n) is 6.26. The Morgan fingerprint density at radius 2 is 1.92 bits per heavy atom. The van der Waals surface area contributed by atoms with E-state index in [-0.39, 0.29) is 24.9 Å². The quantitative estimate of drug-likeness (QED) is 0.574. The molecule has 8 heteroatoms. The van der Waals surface area contributed by atoms with Gasteiger partial charge in [0.25, 0.3) is 5.91 Å². The van der Waals surface area contributed by atoms with E-state index in [0.29, 0.717) is 24.1 Å². The first-order valence-corrected chi connectivity index (χ1v) is 8.07. The highest BCUT2D eigenvalue weighted by molar-refractivity contribution is 6.07. The van der Waals surface area contributed by atoms with Crippen LogP contribution < -0.4 is 21.7 Å². The normalized spacial score (nSPS) is 19.7.